The zero-order valence-corrected chi connectivity index (χ0v) is 8.02. The molecule has 0 heterocycles. The fourth-order valence-electron chi connectivity index (χ4n) is 1.05. The number of benzene rings is 1. The van der Waals surface area contributed by atoms with Gasteiger partial charge in [-0.25, -0.2) is 13.2 Å². The molecule has 5 heteroatoms. The van der Waals surface area contributed by atoms with Crippen LogP contribution in [0.2, 0.25) is 0 Å². The standard InChI is InChI=1S/C10H9F3N2/c1-2-6(5-14)15-8-4-3-7(11)9(12)10(8)13/h3-4,6,15H,2H2,1H3. The van der Waals surface area contributed by atoms with Gasteiger partial charge in [0.15, 0.2) is 17.5 Å². The third-order valence-corrected chi connectivity index (χ3v) is 1.93. The summed E-state index contributed by atoms with van der Waals surface area (Å²) in [6, 6.07) is 3.12. The molecular formula is C10H9F3N2. The maximum Gasteiger partial charge on any atom is 0.196 e. The summed E-state index contributed by atoms with van der Waals surface area (Å²) in [6.45, 7) is 1.72. The number of hydrogen-bond acceptors (Lipinski definition) is 2. The SMILES string of the molecule is CCC(C#N)Nc1ccc(F)c(F)c1F. The Morgan fingerprint density at radius 1 is 1.33 bits per heavy atom. The van der Waals surface area contributed by atoms with E-state index in [-0.39, 0.29) is 5.69 Å². The van der Waals surface area contributed by atoms with E-state index in [2.05, 4.69) is 5.32 Å². The second kappa shape index (κ2) is 4.69. The molecular weight excluding hydrogens is 205 g/mol. The highest BCUT2D eigenvalue weighted by molar-refractivity contribution is 5.47. The third-order valence-electron chi connectivity index (χ3n) is 1.93. The molecule has 2 nitrogen and oxygen atoms in total. The van der Waals surface area contributed by atoms with E-state index in [0.29, 0.717) is 6.42 Å². The summed E-state index contributed by atoms with van der Waals surface area (Å²) in [6.07, 6.45) is 0.439. The van der Waals surface area contributed by atoms with Gasteiger partial charge in [0.2, 0.25) is 0 Å². The van der Waals surface area contributed by atoms with Gasteiger partial charge in [-0.1, -0.05) is 6.92 Å². The minimum atomic E-state index is -1.53. The average Bonchev–Trinajstić information content (AvgIpc) is 2.25. The average molecular weight is 214 g/mol. The first kappa shape index (κ1) is 11.4. The van der Waals surface area contributed by atoms with Crippen molar-refractivity contribution in [2.45, 2.75) is 19.4 Å². The molecule has 0 bridgehead atoms. The van der Waals surface area contributed by atoms with Crippen molar-refractivity contribution < 1.29 is 13.2 Å². The number of halogens is 3. The summed E-state index contributed by atoms with van der Waals surface area (Å²) in [5, 5.41) is 11.1. The molecule has 0 amide bonds. The minimum absolute atomic E-state index is 0.206. The molecule has 1 rings (SSSR count). The summed E-state index contributed by atoms with van der Waals surface area (Å²) in [5.74, 6) is -4.08. The smallest absolute Gasteiger partial charge is 0.196 e. The number of hydrogen-bond donors (Lipinski definition) is 1. The van der Waals surface area contributed by atoms with Crippen molar-refractivity contribution in [1.29, 1.82) is 5.26 Å². The molecule has 15 heavy (non-hydrogen) atoms. The summed E-state index contributed by atoms with van der Waals surface area (Å²) in [5.41, 5.74) is -0.206. The minimum Gasteiger partial charge on any atom is -0.367 e. The summed E-state index contributed by atoms with van der Waals surface area (Å²) in [4.78, 5) is 0. The van der Waals surface area contributed by atoms with Crippen LogP contribution in [-0.4, -0.2) is 6.04 Å². The fourth-order valence-corrected chi connectivity index (χ4v) is 1.05. The van der Waals surface area contributed by atoms with E-state index in [1.165, 1.54) is 0 Å². The first-order valence-electron chi connectivity index (χ1n) is 4.39. The van der Waals surface area contributed by atoms with Gasteiger partial charge in [0.1, 0.15) is 6.04 Å². The fraction of sp³-hybridized carbons (Fsp3) is 0.300. The second-order valence-electron chi connectivity index (χ2n) is 2.96. The van der Waals surface area contributed by atoms with E-state index in [1.807, 2.05) is 6.07 Å². The van der Waals surface area contributed by atoms with Crippen LogP contribution in [0.4, 0.5) is 18.9 Å². The molecule has 80 valence electrons. The molecule has 0 aliphatic heterocycles. The maximum atomic E-state index is 13.1. The highest BCUT2D eigenvalue weighted by Crippen LogP contribution is 2.20. The van der Waals surface area contributed by atoms with Gasteiger partial charge in [-0.15, -0.1) is 0 Å². The number of anilines is 1. The van der Waals surface area contributed by atoms with E-state index < -0.39 is 23.5 Å². The Hall–Kier alpha value is -1.70. The zero-order chi connectivity index (χ0) is 11.4. The molecule has 1 N–H and O–H groups in total. The first-order valence-corrected chi connectivity index (χ1v) is 4.39. The lowest BCUT2D eigenvalue weighted by molar-refractivity contribution is 0.448. The largest absolute Gasteiger partial charge is 0.367 e. The molecule has 0 fully saturated rings. The van der Waals surface area contributed by atoms with Gasteiger partial charge >= 0.3 is 0 Å². The van der Waals surface area contributed by atoms with Crippen LogP contribution in [0.25, 0.3) is 0 Å². The Labute approximate surface area is 85.3 Å². The number of rotatable bonds is 3. The van der Waals surface area contributed by atoms with E-state index >= 15 is 0 Å². The lowest BCUT2D eigenvalue weighted by Gasteiger charge is -2.11. The van der Waals surface area contributed by atoms with Crippen molar-refractivity contribution in [3.05, 3.63) is 29.6 Å². The van der Waals surface area contributed by atoms with E-state index in [0.717, 1.165) is 12.1 Å². The predicted octanol–water partition coefficient (Wildman–Crippen LogP) is 2.82. The number of nitrogens with one attached hydrogen (secondary N) is 1. The van der Waals surface area contributed by atoms with Crippen LogP contribution in [0.3, 0.4) is 0 Å². The molecule has 1 aromatic carbocycles. The van der Waals surface area contributed by atoms with Gasteiger partial charge < -0.3 is 5.32 Å². The van der Waals surface area contributed by atoms with Crippen LogP contribution in [0, 0.1) is 28.8 Å². The predicted molar refractivity (Wildman–Crippen MR) is 49.6 cm³/mol. The van der Waals surface area contributed by atoms with Crippen molar-refractivity contribution in [3.8, 4) is 6.07 Å². The molecule has 0 radical (unpaired) electrons. The highest BCUT2D eigenvalue weighted by Gasteiger charge is 2.15. The topological polar surface area (TPSA) is 35.8 Å². The van der Waals surface area contributed by atoms with Crippen LogP contribution in [-0.2, 0) is 0 Å². The zero-order valence-electron chi connectivity index (χ0n) is 8.02. The number of nitriles is 1. The van der Waals surface area contributed by atoms with Crippen LogP contribution in [0.15, 0.2) is 12.1 Å². The molecule has 0 aromatic heterocycles. The number of nitrogens with zero attached hydrogens (tertiary/aromatic N) is 1. The Kier molecular flexibility index (Phi) is 3.56. The lowest BCUT2D eigenvalue weighted by atomic mass is 10.2. The second-order valence-corrected chi connectivity index (χ2v) is 2.96. The molecule has 1 atom stereocenters. The molecule has 0 aliphatic carbocycles. The molecule has 0 saturated heterocycles. The van der Waals surface area contributed by atoms with Gasteiger partial charge in [0.25, 0.3) is 0 Å². The van der Waals surface area contributed by atoms with Gasteiger partial charge in [-0.2, -0.15) is 5.26 Å². The Morgan fingerprint density at radius 3 is 2.53 bits per heavy atom. The summed E-state index contributed by atoms with van der Waals surface area (Å²) in [7, 11) is 0. The van der Waals surface area contributed by atoms with E-state index in [4.69, 9.17) is 5.26 Å². The quantitative estimate of drug-likeness (QED) is 0.785. The van der Waals surface area contributed by atoms with Crippen molar-refractivity contribution in [1.82, 2.24) is 0 Å². The van der Waals surface area contributed by atoms with Gasteiger partial charge in [0.05, 0.1) is 11.8 Å². The molecule has 1 aromatic rings. The molecule has 0 spiro atoms. The van der Waals surface area contributed by atoms with Gasteiger partial charge in [-0.3, -0.25) is 0 Å². The normalized spacial score (nSPS) is 11.9. The van der Waals surface area contributed by atoms with E-state index in [1.54, 1.807) is 6.92 Å². The van der Waals surface area contributed by atoms with E-state index in [9.17, 15) is 13.2 Å². The molecule has 0 saturated carbocycles. The molecule has 1 unspecified atom stereocenters. The Morgan fingerprint density at radius 2 is 2.00 bits per heavy atom. The lowest BCUT2D eigenvalue weighted by Crippen LogP contribution is -2.17. The Balaban J connectivity index is 2.97. The summed E-state index contributed by atoms with van der Waals surface area (Å²) < 4.78 is 38.4. The van der Waals surface area contributed by atoms with Gasteiger partial charge in [-0.05, 0) is 18.6 Å². The van der Waals surface area contributed by atoms with Crippen LogP contribution in [0.1, 0.15) is 13.3 Å². The van der Waals surface area contributed by atoms with Crippen molar-refractivity contribution >= 4 is 5.69 Å². The monoisotopic (exact) mass is 214 g/mol. The summed E-state index contributed by atoms with van der Waals surface area (Å²) >= 11 is 0. The third kappa shape index (κ3) is 2.40. The van der Waals surface area contributed by atoms with Crippen LogP contribution in [0.5, 0.6) is 0 Å². The van der Waals surface area contributed by atoms with Crippen LogP contribution >= 0.6 is 0 Å². The Bertz CT molecular complexity index is 398. The maximum absolute atomic E-state index is 13.1. The van der Waals surface area contributed by atoms with Crippen molar-refractivity contribution in [3.63, 3.8) is 0 Å². The molecule has 0 aliphatic rings. The highest BCUT2D eigenvalue weighted by atomic mass is 19.2. The van der Waals surface area contributed by atoms with Crippen molar-refractivity contribution in [2.24, 2.45) is 0 Å². The van der Waals surface area contributed by atoms with Crippen molar-refractivity contribution in [2.75, 3.05) is 5.32 Å². The van der Waals surface area contributed by atoms with Gasteiger partial charge in [0, 0.05) is 0 Å². The first-order chi connectivity index (χ1) is 7.10. The van der Waals surface area contributed by atoms with Crippen LogP contribution < -0.4 is 5.32 Å².